The predicted octanol–water partition coefficient (Wildman–Crippen LogP) is 3.07. The molecule has 6 nitrogen and oxygen atoms in total. The number of rotatable bonds is 7. The molecule has 0 radical (unpaired) electrons. The van der Waals surface area contributed by atoms with Crippen molar-refractivity contribution in [3.8, 4) is 11.5 Å². The summed E-state index contributed by atoms with van der Waals surface area (Å²) in [6, 6.07) is 8.35. The fourth-order valence-corrected chi connectivity index (χ4v) is 2.42. The van der Waals surface area contributed by atoms with Crippen LogP contribution in [0, 0.1) is 0 Å². The maximum Gasteiger partial charge on any atom is 0.416 e. The van der Waals surface area contributed by atoms with Crippen molar-refractivity contribution < 1.29 is 32.2 Å². The lowest BCUT2D eigenvalue weighted by molar-refractivity contribution is -0.137. The number of amides is 2. The minimum Gasteiger partial charge on any atom is -0.493 e. The molecule has 2 aromatic rings. The molecule has 0 aliphatic rings. The maximum absolute atomic E-state index is 12.9. The van der Waals surface area contributed by atoms with Gasteiger partial charge in [-0.05, 0) is 42.8 Å². The summed E-state index contributed by atoms with van der Waals surface area (Å²) in [5.74, 6) is -0.743. The molecule has 0 bridgehead atoms. The van der Waals surface area contributed by atoms with Crippen LogP contribution in [0.2, 0.25) is 0 Å². The van der Waals surface area contributed by atoms with E-state index in [2.05, 4.69) is 5.32 Å². The van der Waals surface area contributed by atoms with E-state index in [1.165, 1.54) is 37.4 Å². The van der Waals surface area contributed by atoms with Gasteiger partial charge in [-0.1, -0.05) is 12.1 Å². The molecule has 0 fully saturated rings. The number of carbonyl (C=O) groups is 2. The molecule has 0 aliphatic carbocycles. The van der Waals surface area contributed by atoms with Crippen LogP contribution < -0.4 is 20.5 Å². The van der Waals surface area contributed by atoms with Gasteiger partial charge in [0.15, 0.2) is 18.1 Å². The van der Waals surface area contributed by atoms with Crippen molar-refractivity contribution in [2.45, 2.75) is 19.1 Å². The third-order valence-electron chi connectivity index (χ3n) is 3.86. The number of methoxy groups -OCH3 is 1. The zero-order valence-corrected chi connectivity index (χ0v) is 15.2. The van der Waals surface area contributed by atoms with E-state index in [1.807, 2.05) is 0 Å². The van der Waals surface area contributed by atoms with Crippen molar-refractivity contribution in [1.29, 1.82) is 0 Å². The molecule has 0 saturated heterocycles. The lowest BCUT2D eigenvalue weighted by atomic mass is 10.0. The molecule has 28 heavy (non-hydrogen) atoms. The summed E-state index contributed by atoms with van der Waals surface area (Å²) in [6.07, 6.45) is -4.46. The van der Waals surface area contributed by atoms with E-state index >= 15 is 0 Å². The highest BCUT2D eigenvalue weighted by molar-refractivity contribution is 5.95. The Morgan fingerprint density at radius 2 is 1.86 bits per heavy atom. The van der Waals surface area contributed by atoms with Gasteiger partial charge < -0.3 is 20.5 Å². The Balaban J connectivity index is 2.15. The molecule has 1 atom stereocenters. The largest absolute Gasteiger partial charge is 0.493 e. The summed E-state index contributed by atoms with van der Waals surface area (Å²) in [7, 11) is 1.36. The van der Waals surface area contributed by atoms with Crippen LogP contribution in [0.4, 0.5) is 13.2 Å². The standard InChI is InChI=1S/C19H19F3N2O4/c1-11(12-4-3-5-14(8-12)19(20,21)22)24-18(26)13-6-7-15(16(9-13)27-2)28-10-17(23)25/h3-9,11H,10H2,1-2H3,(H2,23,25)(H,24,26). The highest BCUT2D eigenvalue weighted by atomic mass is 19.4. The number of halogens is 3. The van der Waals surface area contributed by atoms with E-state index in [0.29, 0.717) is 5.56 Å². The van der Waals surface area contributed by atoms with Crippen LogP contribution in [0.25, 0.3) is 0 Å². The van der Waals surface area contributed by atoms with Crippen LogP contribution in [0.3, 0.4) is 0 Å². The number of ether oxygens (including phenoxy) is 2. The molecule has 1 unspecified atom stereocenters. The molecule has 2 amide bonds. The third-order valence-corrected chi connectivity index (χ3v) is 3.86. The average Bonchev–Trinajstić information content (AvgIpc) is 2.65. The van der Waals surface area contributed by atoms with E-state index < -0.39 is 29.6 Å². The topological polar surface area (TPSA) is 90.7 Å². The van der Waals surface area contributed by atoms with Crippen LogP contribution >= 0.6 is 0 Å². The van der Waals surface area contributed by atoms with Gasteiger partial charge in [0.1, 0.15) is 0 Å². The zero-order chi connectivity index (χ0) is 20.9. The summed E-state index contributed by atoms with van der Waals surface area (Å²) in [6.45, 7) is 1.23. The maximum atomic E-state index is 12.9. The molecule has 0 spiro atoms. The molecule has 2 rings (SSSR count). The number of nitrogens with two attached hydrogens (primary N) is 1. The second-order valence-corrected chi connectivity index (χ2v) is 5.94. The second-order valence-electron chi connectivity index (χ2n) is 5.94. The van der Waals surface area contributed by atoms with Gasteiger partial charge in [-0.25, -0.2) is 0 Å². The van der Waals surface area contributed by atoms with Crippen molar-refractivity contribution in [3.05, 3.63) is 59.2 Å². The quantitative estimate of drug-likeness (QED) is 0.753. The van der Waals surface area contributed by atoms with Crippen molar-refractivity contribution >= 4 is 11.8 Å². The van der Waals surface area contributed by atoms with Crippen LogP contribution in [-0.4, -0.2) is 25.5 Å². The second kappa shape index (κ2) is 8.64. The molecule has 0 heterocycles. The van der Waals surface area contributed by atoms with Crippen molar-refractivity contribution in [2.24, 2.45) is 5.73 Å². The molecule has 3 N–H and O–H groups in total. The molecular formula is C19H19F3N2O4. The summed E-state index contributed by atoms with van der Waals surface area (Å²) in [5, 5.41) is 2.64. The lowest BCUT2D eigenvalue weighted by Gasteiger charge is -2.17. The first kappa shape index (κ1) is 21.1. The van der Waals surface area contributed by atoms with Crippen LogP contribution in [0.1, 0.15) is 34.5 Å². The number of primary amides is 1. The molecule has 0 aromatic heterocycles. The van der Waals surface area contributed by atoms with Crippen LogP contribution in [-0.2, 0) is 11.0 Å². The first-order valence-corrected chi connectivity index (χ1v) is 8.19. The molecule has 2 aromatic carbocycles. The Hall–Kier alpha value is -3.23. The van der Waals surface area contributed by atoms with Crippen LogP contribution in [0.5, 0.6) is 11.5 Å². The number of hydrogen-bond acceptors (Lipinski definition) is 4. The fraction of sp³-hybridized carbons (Fsp3) is 0.263. The average molecular weight is 396 g/mol. The normalized spacial score (nSPS) is 12.2. The molecule has 150 valence electrons. The monoisotopic (exact) mass is 396 g/mol. The Morgan fingerprint density at radius 1 is 1.14 bits per heavy atom. The van der Waals surface area contributed by atoms with Gasteiger partial charge in [0.25, 0.3) is 11.8 Å². The smallest absolute Gasteiger partial charge is 0.416 e. The van der Waals surface area contributed by atoms with E-state index in [-0.39, 0.29) is 23.7 Å². The van der Waals surface area contributed by atoms with Crippen molar-refractivity contribution in [1.82, 2.24) is 5.32 Å². The van der Waals surface area contributed by atoms with Gasteiger partial charge >= 0.3 is 6.18 Å². The van der Waals surface area contributed by atoms with Gasteiger partial charge in [0.05, 0.1) is 18.7 Å². The van der Waals surface area contributed by atoms with Gasteiger partial charge in [0, 0.05) is 5.56 Å². The van der Waals surface area contributed by atoms with Gasteiger partial charge in [-0.2, -0.15) is 13.2 Å². The number of nitrogens with one attached hydrogen (secondary N) is 1. The fourth-order valence-electron chi connectivity index (χ4n) is 2.42. The van der Waals surface area contributed by atoms with Crippen LogP contribution in [0.15, 0.2) is 42.5 Å². The van der Waals surface area contributed by atoms with E-state index in [0.717, 1.165) is 12.1 Å². The van der Waals surface area contributed by atoms with E-state index in [9.17, 15) is 22.8 Å². The van der Waals surface area contributed by atoms with E-state index in [1.54, 1.807) is 6.92 Å². The predicted molar refractivity (Wildman–Crippen MR) is 95.0 cm³/mol. The minimum atomic E-state index is -4.46. The Labute approximate surface area is 159 Å². The summed E-state index contributed by atoms with van der Waals surface area (Å²) < 4.78 is 48.9. The number of alkyl halides is 3. The molecule has 9 heteroatoms. The van der Waals surface area contributed by atoms with E-state index in [4.69, 9.17) is 15.2 Å². The Morgan fingerprint density at radius 3 is 2.46 bits per heavy atom. The summed E-state index contributed by atoms with van der Waals surface area (Å²) in [4.78, 5) is 23.3. The van der Waals surface area contributed by atoms with Gasteiger partial charge in [-0.3, -0.25) is 9.59 Å². The number of hydrogen-bond donors (Lipinski definition) is 2. The third kappa shape index (κ3) is 5.38. The molecule has 0 aliphatic heterocycles. The Kier molecular flexibility index (Phi) is 6.50. The van der Waals surface area contributed by atoms with Gasteiger partial charge in [-0.15, -0.1) is 0 Å². The lowest BCUT2D eigenvalue weighted by Crippen LogP contribution is -2.27. The number of benzene rings is 2. The van der Waals surface area contributed by atoms with Gasteiger partial charge in [0.2, 0.25) is 0 Å². The first-order valence-electron chi connectivity index (χ1n) is 8.19. The Bertz CT molecular complexity index is 868. The van der Waals surface area contributed by atoms with Crippen molar-refractivity contribution in [3.63, 3.8) is 0 Å². The SMILES string of the molecule is COc1cc(C(=O)NC(C)c2cccc(C(F)(F)F)c2)ccc1OCC(N)=O. The zero-order valence-electron chi connectivity index (χ0n) is 15.2. The molecule has 0 saturated carbocycles. The highest BCUT2D eigenvalue weighted by Crippen LogP contribution is 2.31. The first-order chi connectivity index (χ1) is 13.1. The minimum absolute atomic E-state index is 0.209. The molecular weight excluding hydrogens is 377 g/mol. The summed E-state index contributed by atoms with van der Waals surface area (Å²) in [5.41, 5.74) is 4.76. The number of carbonyl (C=O) groups excluding carboxylic acids is 2. The summed E-state index contributed by atoms with van der Waals surface area (Å²) >= 11 is 0. The van der Waals surface area contributed by atoms with Crippen molar-refractivity contribution in [2.75, 3.05) is 13.7 Å². The highest BCUT2D eigenvalue weighted by Gasteiger charge is 2.30.